The summed E-state index contributed by atoms with van der Waals surface area (Å²) in [7, 11) is 0. The summed E-state index contributed by atoms with van der Waals surface area (Å²) in [4.78, 5) is 41.4. The third-order valence-electron chi connectivity index (χ3n) is 6.93. The molecule has 0 spiro atoms. The smallest absolute Gasteiger partial charge is 0.356 e. The van der Waals surface area contributed by atoms with Crippen molar-refractivity contribution in [2.75, 3.05) is 12.4 Å². The van der Waals surface area contributed by atoms with Gasteiger partial charge >= 0.3 is 5.97 Å². The van der Waals surface area contributed by atoms with Crippen LogP contribution in [-0.2, 0) is 19.1 Å². The Kier molecular flexibility index (Phi) is 8.86. The highest BCUT2D eigenvalue weighted by molar-refractivity contribution is 8.00. The Morgan fingerprint density at radius 3 is 2.15 bits per heavy atom. The van der Waals surface area contributed by atoms with Gasteiger partial charge in [-0.15, -0.1) is 11.8 Å². The van der Waals surface area contributed by atoms with E-state index in [1.165, 1.54) is 4.90 Å². The lowest BCUT2D eigenvalue weighted by atomic mass is 9.99. The number of benzene rings is 3. The van der Waals surface area contributed by atoms with Crippen LogP contribution in [0, 0.1) is 0 Å². The molecule has 1 saturated heterocycles. The number of esters is 1. The molecule has 0 radical (unpaired) electrons. The van der Waals surface area contributed by atoms with Gasteiger partial charge in [0.05, 0.1) is 0 Å². The summed E-state index contributed by atoms with van der Waals surface area (Å²) in [6.45, 7) is 1.89. The number of unbranched alkanes of at least 4 members (excludes halogenated alkanes) is 1. The van der Waals surface area contributed by atoms with E-state index >= 15 is 0 Å². The van der Waals surface area contributed by atoms with Crippen molar-refractivity contribution in [3.63, 3.8) is 0 Å². The summed E-state index contributed by atoms with van der Waals surface area (Å²) in [5.41, 5.74) is 2.90. The van der Waals surface area contributed by atoms with Crippen molar-refractivity contribution in [2.45, 2.75) is 43.7 Å². The van der Waals surface area contributed by atoms with E-state index in [1.54, 1.807) is 23.9 Å². The molecule has 8 heteroatoms. The van der Waals surface area contributed by atoms with Crippen molar-refractivity contribution in [3.8, 4) is 5.75 Å². The second-order valence-corrected chi connectivity index (χ2v) is 10.8. The summed E-state index contributed by atoms with van der Waals surface area (Å²) >= 11 is 1.56. The standard InChI is InChI=1S/C32H32N2O5S/c1-2-3-13-24-21-40-31-27(33-26(35)20-38-25-18-11-6-12-19-25)30(36)34(31)28(24)32(37)39-29(22-14-7-4-8-15-22)23-16-9-5-10-17-23/h4-12,14-19,27,29,31H,2-3,13,20-21H2,1H3,(H,33,35)/t27?,31-/m1/s1. The molecule has 2 aliphatic rings. The summed E-state index contributed by atoms with van der Waals surface area (Å²) < 4.78 is 11.7. The predicted molar refractivity (Wildman–Crippen MR) is 154 cm³/mol. The first-order valence-electron chi connectivity index (χ1n) is 13.5. The number of carbonyl (C=O) groups is 3. The van der Waals surface area contributed by atoms with E-state index in [2.05, 4.69) is 12.2 Å². The highest BCUT2D eigenvalue weighted by atomic mass is 32.2. The molecule has 1 unspecified atom stereocenters. The molecule has 0 bridgehead atoms. The summed E-state index contributed by atoms with van der Waals surface area (Å²) in [6, 6.07) is 27.5. The monoisotopic (exact) mass is 556 g/mol. The quantitative estimate of drug-likeness (QED) is 0.257. The Bertz CT molecular complexity index is 1320. The fourth-order valence-electron chi connectivity index (χ4n) is 4.88. The Morgan fingerprint density at radius 2 is 1.55 bits per heavy atom. The largest absolute Gasteiger partial charge is 0.484 e. The number of nitrogens with one attached hydrogen (secondary N) is 1. The van der Waals surface area contributed by atoms with Gasteiger partial charge in [-0.05, 0) is 41.7 Å². The van der Waals surface area contributed by atoms with Crippen molar-refractivity contribution in [1.82, 2.24) is 10.2 Å². The molecule has 3 aromatic carbocycles. The van der Waals surface area contributed by atoms with Crippen LogP contribution in [0.5, 0.6) is 5.75 Å². The SMILES string of the molecule is CCCCC1=C(C(=O)OC(c2ccccc2)c2ccccc2)N2C(=O)C(NC(=O)COc3ccccc3)[C@H]2SC1. The molecule has 40 heavy (non-hydrogen) atoms. The van der Waals surface area contributed by atoms with Gasteiger partial charge in [-0.3, -0.25) is 14.5 Å². The zero-order chi connectivity index (χ0) is 27.9. The van der Waals surface area contributed by atoms with Gasteiger partial charge in [-0.2, -0.15) is 0 Å². The van der Waals surface area contributed by atoms with Crippen LogP contribution in [0.4, 0.5) is 0 Å². The highest BCUT2D eigenvalue weighted by Gasteiger charge is 2.54. The molecule has 2 atom stereocenters. The second kappa shape index (κ2) is 12.9. The maximum Gasteiger partial charge on any atom is 0.356 e. The number of fused-ring (bicyclic) bond motifs is 1. The maximum absolute atomic E-state index is 13.9. The number of para-hydroxylation sites is 1. The fraction of sp³-hybridized carbons (Fsp3) is 0.281. The van der Waals surface area contributed by atoms with E-state index in [9.17, 15) is 14.4 Å². The van der Waals surface area contributed by atoms with Gasteiger partial charge in [-0.25, -0.2) is 4.79 Å². The molecule has 0 aromatic heterocycles. The van der Waals surface area contributed by atoms with Gasteiger partial charge in [0.15, 0.2) is 12.7 Å². The Hall–Kier alpha value is -4.04. The Balaban J connectivity index is 1.34. The molecule has 3 aromatic rings. The van der Waals surface area contributed by atoms with Crippen LogP contribution in [0.1, 0.15) is 43.4 Å². The van der Waals surface area contributed by atoms with E-state index in [4.69, 9.17) is 9.47 Å². The first-order valence-corrected chi connectivity index (χ1v) is 14.6. The highest BCUT2D eigenvalue weighted by Crippen LogP contribution is 2.42. The number of rotatable bonds is 11. The van der Waals surface area contributed by atoms with E-state index in [-0.39, 0.29) is 23.8 Å². The molecule has 5 rings (SSSR count). The molecule has 0 saturated carbocycles. The maximum atomic E-state index is 13.9. The second-order valence-electron chi connectivity index (χ2n) is 9.72. The van der Waals surface area contributed by atoms with E-state index < -0.39 is 18.1 Å². The van der Waals surface area contributed by atoms with Crippen LogP contribution in [0.15, 0.2) is 102 Å². The zero-order valence-corrected chi connectivity index (χ0v) is 23.1. The summed E-state index contributed by atoms with van der Waals surface area (Å²) in [6.07, 6.45) is 1.94. The number of nitrogens with zero attached hydrogens (tertiary/aromatic N) is 1. The lowest BCUT2D eigenvalue weighted by molar-refractivity contribution is -0.154. The normalized spacial score (nSPS) is 18.1. The molecule has 0 aliphatic carbocycles. The van der Waals surface area contributed by atoms with Gasteiger partial charge in [-0.1, -0.05) is 92.2 Å². The third kappa shape index (κ3) is 6.07. The van der Waals surface area contributed by atoms with E-state index in [1.807, 2.05) is 78.9 Å². The van der Waals surface area contributed by atoms with Crippen molar-refractivity contribution in [3.05, 3.63) is 113 Å². The number of amides is 2. The van der Waals surface area contributed by atoms with Crippen LogP contribution in [0.2, 0.25) is 0 Å². The molecular weight excluding hydrogens is 524 g/mol. The molecule has 2 heterocycles. The van der Waals surface area contributed by atoms with Crippen LogP contribution in [0.3, 0.4) is 0 Å². The van der Waals surface area contributed by atoms with Gasteiger partial charge in [0.25, 0.3) is 11.8 Å². The van der Waals surface area contributed by atoms with Gasteiger partial charge in [0, 0.05) is 5.75 Å². The summed E-state index contributed by atoms with van der Waals surface area (Å²) in [5, 5.41) is 2.41. The van der Waals surface area contributed by atoms with Gasteiger partial charge < -0.3 is 14.8 Å². The first kappa shape index (κ1) is 27.5. The van der Waals surface area contributed by atoms with Crippen molar-refractivity contribution in [2.24, 2.45) is 0 Å². The molecular formula is C32H32N2O5S. The first-order chi connectivity index (χ1) is 19.6. The zero-order valence-electron chi connectivity index (χ0n) is 22.3. The van der Waals surface area contributed by atoms with Crippen LogP contribution in [0.25, 0.3) is 0 Å². The van der Waals surface area contributed by atoms with Crippen LogP contribution < -0.4 is 10.1 Å². The molecule has 2 aliphatic heterocycles. The number of carbonyl (C=O) groups excluding carboxylic acids is 3. The van der Waals surface area contributed by atoms with Crippen molar-refractivity contribution >= 4 is 29.5 Å². The molecule has 1 N–H and O–H groups in total. The van der Waals surface area contributed by atoms with E-state index in [0.29, 0.717) is 23.6 Å². The lowest BCUT2D eigenvalue weighted by Crippen LogP contribution is -2.71. The van der Waals surface area contributed by atoms with Crippen molar-refractivity contribution in [1.29, 1.82) is 0 Å². The molecule has 1 fully saturated rings. The minimum atomic E-state index is -0.730. The fourth-order valence-corrected chi connectivity index (χ4v) is 6.27. The minimum absolute atomic E-state index is 0.201. The molecule has 7 nitrogen and oxygen atoms in total. The van der Waals surface area contributed by atoms with Crippen molar-refractivity contribution < 1.29 is 23.9 Å². The molecule has 2 amide bonds. The van der Waals surface area contributed by atoms with Gasteiger partial charge in [0.2, 0.25) is 0 Å². The third-order valence-corrected chi connectivity index (χ3v) is 8.27. The molecule has 206 valence electrons. The average molecular weight is 557 g/mol. The lowest BCUT2D eigenvalue weighted by Gasteiger charge is -2.50. The van der Waals surface area contributed by atoms with E-state index in [0.717, 1.165) is 29.5 Å². The Morgan fingerprint density at radius 1 is 0.950 bits per heavy atom. The number of thioether (sulfide) groups is 1. The number of hydrogen-bond acceptors (Lipinski definition) is 6. The number of hydrogen-bond donors (Lipinski definition) is 1. The Labute approximate surface area is 238 Å². The van der Waals surface area contributed by atoms with Crippen LogP contribution >= 0.6 is 11.8 Å². The summed E-state index contributed by atoms with van der Waals surface area (Å²) in [5.74, 6) is -0.0684. The predicted octanol–water partition coefficient (Wildman–Crippen LogP) is 5.24. The average Bonchev–Trinajstić information content (AvgIpc) is 3.01. The topological polar surface area (TPSA) is 84.9 Å². The number of β-lactam (4-membered cyclic amide) rings is 1. The number of ether oxygens (including phenoxy) is 2. The minimum Gasteiger partial charge on any atom is -0.484 e. The van der Waals surface area contributed by atoms with Gasteiger partial charge in [0.1, 0.15) is 22.9 Å². The van der Waals surface area contributed by atoms with Crippen LogP contribution in [-0.4, -0.2) is 46.5 Å².